The zero-order chi connectivity index (χ0) is 35.1. The second-order valence-electron chi connectivity index (χ2n) is 13.4. The standard InChI is InChI=1S/C24H20B.C22H28NO2/c1-5-13-21(14-6-1)25(22-15-7-2-8-16-22,23-17-9-3-10-18-23)24-19-11-4-12-20-24;1-19(2)22(24)25-16-10-15-23(3,17-20-11-6-4-7-12-20)18-21-13-8-5-9-14-21/h1-20H;4-9,11-14H,1,10,15-18H2,2-3H3/q-1;+1. The van der Waals surface area contributed by atoms with E-state index in [-0.39, 0.29) is 5.97 Å². The van der Waals surface area contributed by atoms with E-state index < -0.39 is 6.15 Å². The highest BCUT2D eigenvalue weighted by Crippen LogP contribution is 2.18. The van der Waals surface area contributed by atoms with E-state index in [1.54, 1.807) is 6.92 Å². The van der Waals surface area contributed by atoms with E-state index in [4.69, 9.17) is 4.74 Å². The monoisotopic (exact) mass is 657 g/mol. The summed E-state index contributed by atoms with van der Waals surface area (Å²) in [5, 5.41) is 0. The Hall–Kier alpha value is -5.45. The average molecular weight is 658 g/mol. The molecule has 0 aliphatic rings. The first-order valence-electron chi connectivity index (χ1n) is 17.5. The fourth-order valence-corrected chi connectivity index (χ4v) is 7.12. The molecule has 0 atom stereocenters. The highest BCUT2D eigenvalue weighted by Gasteiger charge is 2.31. The SMILES string of the molecule is C=C(C)C(=O)OCCC[N+](C)(Cc1ccccc1)Cc1ccccc1.c1ccc([B-](c2ccccc2)(c2ccccc2)c2ccccc2)cc1. The maximum Gasteiger partial charge on any atom is 0.333 e. The van der Waals surface area contributed by atoms with E-state index in [1.807, 2.05) is 12.1 Å². The highest BCUT2D eigenvalue weighted by atomic mass is 16.5. The molecular weight excluding hydrogens is 609 g/mol. The minimum Gasteiger partial charge on any atom is -0.462 e. The van der Waals surface area contributed by atoms with Gasteiger partial charge in [-0.1, -0.05) is 189 Å². The lowest BCUT2D eigenvalue weighted by Crippen LogP contribution is -2.74. The number of ether oxygens (including phenoxy) is 1. The molecule has 0 heterocycles. The van der Waals surface area contributed by atoms with E-state index in [0.717, 1.165) is 30.5 Å². The van der Waals surface area contributed by atoms with Gasteiger partial charge in [-0.05, 0) is 6.92 Å². The molecule has 0 unspecified atom stereocenters. The van der Waals surface area contributed by atoms with Crippen molar-refractivity contribution in [1.82, 2.24) is 0 Å². The molecule has 3 nitrogen and oxygen atoms in total. The fraction of sp³-hybridized carbons (Fsp3) is 0.152. The molecule has 50 heavy (non-hydrogen) atoms. The van der Waals surface area contributed by atoms with Crippen LogP contribution in [0.15, 0.2) is 194 Å². The van der Waals surface area contributed by atoms with E-state index in [1.165, 1.54) is 33.0 Å². The van der Waals surface area contributed by atoms with Crippen molar-refractivity contribution in [2.45, 2.75) is 26.4 Å². The van der Waals surface area contributed by atoms with Crippen LogP contribution in [-0.2, 0) is 22.6 Å². The van der Waals surface area contributed by atoms with Gasteiger partial charge in [-0.15, -0.1) is 0 Å². The first kappa shape index (κ1) is 35.9. The Morgan fingerprint density at radius 3 is 1.14 bits per heavy atom. The predicted molar refractivity (Wildman–Crippen MR) is 212 cm³/mol. The van der Waals surface area contributed by atoms with Crippen LogP contribution in [-0.4, -0.2) is 36.8 Å². The van der Waals surface area contributed by atoms with Gasteiger partial charge in [0.2, 0.25) is 0 Å². The van der Waals surface area contributed by atoms with E-state index >= 15 is 0 Å². The molecule has 0 aliphatic heterocycles. The van der Waals surface area contributed by atoms with Crippen LogP contribution in [0.2, 0.25) is 0 Å². The Morgan fingerprint density at radius 2 is 0.840 bits per heavy atom. The van der Waals surface area contributed by atoms with Gasteiger partial charge in [0.05, 0.1) is 20.2 Å². The van der Waals surface area contributed by atoms with Crippen molar-refractivity contribution in [3.8, 4) is 0 Å². The van der Waals surface area contributed by atoms with Crippen LogP contribution in [0.4, 0.5) is 0 Å². The third-order valence-electron chi connectivity index (χ3n) is 9.44. The molecule has 6 aromatic rings. The molecule has 0 N–H and O–H groups in total. The second-order valence-corrected chi connectivity index (χ2v) is 13.4. The third kappa shape index (κ3) is 9.37. The molecule has 0 fully saturated rings. The number of esters is 1. The smallest absolute Gasteiger partial charge is 0.333 e. The fourth-order valence-electron chi connectivity index (χ4n) is 7.12. The van der Waals surface area contributed by atoms with Gasteiger partial charge in [-0.2, -0.15) is 21.9 Å². The van der Waals surface area contributed by atoms with Crippen LogP contribution >= 0.6 is 0 Å². The molecule has 6 rings (SSSR count). The molecule has 6 aromatic carbocycles. The number of carbonyl (C=O) groups is 1. The van der Waals surface area contributed by atoms with Crippen molar-refractivity contribution < 1.29 is 14.0 Å². The molecule has 0 saturated carbocycles. The summed E-state index contributed by atoms with van der Waals surface area (Å²) in [6, 6.07) is 64.6. The first-order valence-corrected chi connectivity index (χ1v) is 17.5. The van der Waals surface area contributed by atoms with Crippen molar-refractivity contribution >= 4 is 34.0 Å². The largest absolute Gasteiger partial charge is 0.462 e. The van der Waals surface area contributed by atoms with Gasteiger partial charge in [-0.3, -0.25) is 0 Å². The van der Waals surface area contributed by atoms with Gasteiger partial charge in [0.15, 0.2) is 0 Å². The molecule has 252 valence electrons. The zero-order valence-electron chi connectivity index (χ0n) is 29.4. The van der Waals surface area contributed by atoms with Crippen molar-refractivity contribution in [2.24, 2.45) is 0 Å². The Labute approximate surface area is 299 Å². The minimum absolute atomic E-state index is 0.305. The lowest BCUT2D eigenvalue weighted by atomic mass is 9.13. The number of quaternary nitrogens is 1. The first-order chi connectivity index (χ1) is 24.4. The molecule has 0 saturated heterocycles. The molecule has 0 spiro atoms. The van der Waals surface area contributed by atoms with Gasteiger partial charge >= 0.3 is 5.97 Å². The number of hydrogen-bond acceptors (Lipinski definition) is 2. The van der Waals surface area contributed by atoms with Crippen molar-refractivity contribution in [1.29, 1.82) is 0 Å². The highest BCUT2D eigenvalue weighted by molar-refractivity contribution is 7.19. The summed E-state index contributed by atoms with van der Waals surface area (Å²) in [5.74, 6) is -0.305. The topological polar surface area (TPSA) is 26.3 Å². The van der Waals surface area contributed by atoms with Gasteiger partial charge < -0.3 is 9.22 Å². The molecule has 0 bridgehead atoms. The maximum atomic E-state index is 11.5. The number of carbonyl (C=O) groups excluding carboxylic acids is 1. The number of benzene rings is 6. The zero-order valence-corrected chi connectivity index (χ0v) is 29.4. The number of hydrogen-bond donors (Lipinski definition) is 0. The van der Waals surface area contributed by atoms with Gasteiger partial charge in [0, 0.05) is 23.1 Å². The quantitative estimate of drug-likeness (QED) is 0.0426. The summed E-state index contributed by atoms with van der Waals surface area (Å²) < 4.78 is 6.12. The molecule has 0 aliphatic carbocycles. The Balaban J connectivity index is 0.000000194. The van der Waals surface area contributed by atoms with Crippen LogP contribution in [0.5, 0.6) is 0 Å². The normalized spacial score (nSPS) is 11.2. The van der Waals surface area contributed by atoms with Gasteiger partial charge in [0.25, 0.3) is 0 Å². The molecular formula is C46H48BNO2. The van der Waals surface area contributed by atoms with Crippen LogP contribution in [0, 0.1) is 0 Å². The molecule has 0 amide bonds. The van der Waals surface area contributed by atoms with Crippen molar-refractivity contribution in [3.05, 3.63) is 205 Å². The molecule has 0 aromatic heterocycles. The predicted octanol–water partition coefficient (Wildman–Crippen LogP) is 7.41. The van der Waals surface area contributed by atoms with Crippen LogP contribution < -0.4 is 21.9 Å². The summed E-state index contributed by atoms with van der Waals surface area (Å²) in [5.41, 5.74) is 8.44. The van der Waals surface area contributed by atoms with Crippen molar-refractivity contribution in [3.63, 3.8) is 0 Å². The lowest BCUT2D eigenvalue weighted by molar-refractivity contribution is -0.935. The van der Waals surface area contributed by atoms with Gasteiger partial charge in [-0.25, -0.2) is 4.79 Å². The average Bonchev–Trinajstić information content (AvgIpc) is 3.16. The summed E-state index contributed by atoms with van der Waals surface area (Å²) in [6.45, 7) is 8.56. The summed E-state index contributed by atoms with van der Waals surface area (Å²) in [6.07, 6.45) is -0.387. The van der Waals surface area contributed by atoms with Crippen LogP contribution in [0.1, 0.15) is 24.5 Å². The third-order valence-corrected chi connectivity index (χ3v) is 9.44. The maximum absolute atomic E-state index is 11.5. The summed E-state index contributed by atoms with van der Waals surface area (Å²) in [4.78, 5) is 11.5. The number of nitrogens with zero attached hydrogens (tertiary/aromatic N) is 1. The summed E-state index contributed by atoms with van der Waals surface area (Å²) in [7, 11) is 2.26. The van der Waals surface area contributed by atoms with E-state index in [9.17, 15) is 4.79 Å². The van der Waals surface area contributed by atoms with Gasteiger partial charge in [0.1, 0.15) is 19.2 Å². The number of rotatable bonds is 13. The van der Waals surface area contributed by atoms with Crippen LogP contribution in [0.3, 0.4) is 0 Å². The Kier molecular flexibility index (Phi) is 12.8. The Morgan fingerprint density at radius 1 is 0.540 bits per heavy atom. The van der Waals surface area contributed by atoms with Crippen molar-refractivity contribution in [2.75, 3.05) is 20.2 Å². The van der Waals surface area contributed by atoms with Crippen LogP contribution in [0.25, 0.3) is 0 Å². The summed E-state index contributed by atoms with van der Waals surface area (Å²) >= 11 is 0. The molecule has 4 heteroatoms. The second kappa shape index (κ2) is 17.8. The Bertz CT molecular complexity index is 1680. The molecule has 0 radical (unpaired) electrons. The van der Waals surface area contributed by atoms with E-state index in [0.29, 0.717) is 12.2 Å². The van der Waals surface area contributed by atoms with E-state index in [2.05, 4.69) is 183 Å². The minimum atomic E-state index is -1.22. The lowest BCUT2D eigenvalue weighted by Gasteiger charge is -2.44.